The van der Waals surface area contributed by atoms with Gasteiger partial charge < -0.3 is 4.89 Å². The maximum absolute atomic E-state index is 5.33. The Labute approximate surface area is 101 Å². The fourth-order valence-electron chi connectivity index (χ4n) is 2.33. The van der Waals surface area contributed by atoms with Gasteiger partial charge in [0.05, 0.1) is 6.61 Å². The van der Waals surface area contributed by atoms with E-state index in [0.717, 1.165) is 12.2 Å². The predicted octanol–water partition coefficient (Wildman–Crippen LogP) is 3.59. The van der Waals surface area contributed by atoms with Crippen LogP contribution in [0.2, 0.25) is 0 Å². The van der Waals surface area contributed by atoms with Gasteiger partial charge in [-0.25, -0.2) is 0 Å². The molecule has 0 amide bonds. The maximum atomic E-state index is 5.33. The highest BCUT2D eigenvalue weighted by Crippen LogP contribution is 2.40. The van der Waals surface area contributed by atoms with Crippen LogP contribution < -0.4 is 4.89 Å². The lowest BCUT2D eigenvalue weighted by molar-refractivity contribution is -0.202. The van der Waals surface area contributed by atoms with Gasteiger partial charge in [-0.15, -0.1) is 0 Å². The third kappa shape index (κ3) is 1.71. The molecule has 0 aliphatic heterocycles. The van der Waals surface area contributed by atoms with Gasteiger partial charge in [-0.05, 0) is 29.7 Å². The molecule has 86 valence electrons. The summed E-state index contributed by atoms with van der Waals surface area (Å²) in [5.74, 6) is 0.834. The van der Waals surface area contributed by atoms with Crippen LogP contribution in [0.1, 0.15) is 18.1 Å². The Kier molecular flexibility index (Phi) is 2.57. The van der Waals surface area contributed by atoms with Crippen molar-refractivity contribution in [3.05, 3.63) is 53.6 Å². The Morgan fingerprint density at radius 2 is 1.82 bits per heavy atom. The van der Waals surface area contributed by atoms with Crippen LogP contribution in [0.4, 0.5) is 0 Å². The molecule has 0 saturated carbocycles. The standard InChI is InChI=1S/C15H14O2/c1-2-16-17-15-9-5-8-13-12-7-4-3-6-11(12)10-14(13)15/h3-9H,2,10H2,1H3. The zero-order chi connectivity index (χ0) is 11.7. The van der Waals surface area contributed by atoms with Crippen LogP contribution in [0, 0.1) is 0 Å². The van der Waals surface area contributed by atoms with Gasteiger partial charge in [0.25, 0.3) is 0 Å². The lowest BCUT2D eigenvalue weighted by Crippen LogP contribution is -1.98. The molecule has 0 spiro atoms. The third-order valence-corrected chi connectivity index (χ3v) is 3.07. The van der Waals surface area contributed by atoms with E-state index >= 15 is 0 Å². The molecule has 2 nitrogen and oxygen atoms in total. The summed E-state index contributed by atoms with van der Waals surface area (Å²) in [4.78, 5) is 10.4. The molecular formula is C15H14O2. The first-order chi connectivity index (χ1) is 8.40. The molecule has 2 aromatic carbocycles. The first kappa shape index (κ1) is 10.4. The number of hydrogen-bond donors (Lipinski definition) is 0. The summed E-state index contributed by atoms with van der Waals surface area (Å²) in [7, 11) is 0. The van der Waals surface area contributed by atoms with E-state index < -0.39 is 0 Å². The smallest absolute Gasteiger partial charge is 0.169 e. The van der Waals surface area contributed by atoms with Crippen molar-refractivity contribution in [1.82, 2.24) is 0 Å². The molecule has 0 unspecified atom stereocenters. The minimum Gasteiger partial charge on any atom is -0.337 e. The molecule has 1 aliphatic carbocycles. The van der Waals surface area contributed by atoms with Crippen LogP contribution in [-0.4, -0.2) is 6.61 Å². The van der Waals surface area contributed by atoms with Gasteiger partial charge in [-0.3, -0.25) is 0 Å². The number of benzene rings is 2. The third-order valence-electron chi connectivity index (χ3n) is 3.07. The van der Waals surface area contributed by atoms with E-state index in [1.165, 1.54) is 22.3 Å². The van der Waals surface area contributed by atoms with Gasteiger partial charge in [0.15, 0.2) is 5.75 Å². The van der Waals surface area contributed by atoms with E-state index in [4.69, 9.17) is 9.78 Å². The Balaban J connectivity index is 2.05. The average Bonchev–Trinajstić information content (AvgIpc) is 2.75. The van der Waals surface area contributed by atoms with Crippen LogP contribution in [0.5, 0.6) is 5.75 Å². The number of hydrogen-bond acceptors (Lipinski definition) is 2. The van der Waals surface area contributed by atoms with Crippen molar-refractivity contribution in [1.29, 1.82) is 0 Å². The molecule has 0 saturated heterocycles. The molecule has 2 heteroatoms. The highest BCUT2D eigenvalue weighted by atomic mass is 17.2. The van der Waals surface area contributed by atoms with Gasteiger partial charge >= 0.3 is 0 Å². The molecule has 0 fully saturated rings. The van der Waals surface area contributed by atoms with Crippen molar-refractivity contribution in [3.8, 4) is 16.9 Å². The largest absolute Gasteiger partial charge is 0.337 e. The summed E-state index contributed by atoms with van der Waals surface area (Å²) in [5.41, 5.74) is 5.15. The monoisotopic (exact) mass is 226 g/mol. The summed E-state index contributed by atoms with van der Waals surface area (Å²) >= 11 is 0. The zero-order valence-corrected chi connectivity index (χ0v) is 9.77. The zero-order valence-electron chi connectivity index (χ0n) is 9.77. The molecule has 0 heterocycles. The first-order valence-electron chi connectivity index (χ1n) is 5.90. The Hall–Kier alpha value is -1.80. The second kappa shape index (κ2) is 4.22. The van der Waals surface area contributed by atoms with Crippen molar-refractivity contribution in [2.75, 3.05) is 6.61 Å². The average molecular weight is 226 g/mol. The van der Waals surface area contributed by atoms with Crippen molar-refractivity contribution < 1.29 is 9.78 Å². The molecule has 1 aliphatic rings. The van der Waals surface area contributed by atoms with E-state index in [1.807, 2.05) is 19.1 Å². The summed E-state index contributed by atoms with van der Waals surface area (Å²) in [5, 5.41) is 0. The second-order valence-corrected chi connectivity index (χ2v) is 4.11. The van der Waals surface area contributed by atoms with Crippen LogP contribution >= 0.6 is 0 Å². The summed E-state index contributed by atoms with van der Waals surface area (Å²) in [6.45, 7) is 2.47. The first-order valence-corrected chi connectivity index (χ1v) is 5.90. The predicted molar refractivity (Wildman–Crippen MR) is 66.9 cm³/mol. The summed E-state index contributed by atoms with van der Waals surface area (Å²) < 4.78 is 0. The lowest BCUT2D eigenvalue weighted by atomic mass is 10.1. The van der Waals surface area contributed by atoms with Crippen molar-refractivity contribution in [2.45, 2.75) is 13.3 Å². The van der Waals surface area contributed by atoms with E-state index in [9.17, 15) is 0 Å². The van der Waals surface area contributed by atoms with Crippen LogP contribution in [0.15, 0.2) is 42.5 Å². The molecule has 17 heavy (non-hydrogen) atoms. The Morgan fingerprint density at radius 1 is 1.00 bits per heavy atom. The molecule has 0 aromatic heterocycles. The molecule has 0 N–H and O–H groups in total. The van der Waals surface area contributed by atoms with Gasteiger partial charge in [-0.1, -0.05) is 36.4 Å². The summed E-state index contributed by atoms with van der Waals surface area (Å²) in [6, 6.07) is 14.6. The second-order valence-electron chi connectivity index (χ2n) is 4.11. The van der Waals surface area contributed by atoms with E-state index in [2.05, 4.69) is 30.3 Å². The van der Waals surface area contributed by atoms with Crippen molar-refractivity contribution in [2.24, 2.45) is 0 Å². The highest BCUT2D eigenvalue weighted by molar-refractivity contribution is 5.78. The van der Waals surface area contributed by atoms with Crippen LogP contribution in [0.3, 0.4) is 0 Å². The highest BCUT2D eigenvalue weighted by Gasteiger charge is 2.21. The maximum Gasteiger partial charge on any atom is 0.169 e. The SMILES string of the molecule is CCOOc1cccc2c1Cc1ccccc1-2. The van der Waals surface area contributed by atoms with E-state index in [-0.39, 0.29) is 0 Å². The lowest BCUT2D eigenvalue weighted by Gasteiger charge is -2.07. The molecule has 0 atom stereocenters. The van der Waals surface area contributed by atoms with Crippen LogP contribution in [0.25, 0.3) is 11.1 Å². The summed E-state index contributed by atoms with van der Waals surface area (Å²) in [6.07, 6.45) is 0.925. The van der Waals surface area contributed by atoms with Gasteiger partial charge in [0.2, 0.25) is 0 Å². The molecular weight excluding hydrogens is 212 g/mol. The van der Waals surface area contributed by atoms with Gasteiger partial charge in [0.1, 0.15) is 0 Å². The quantitative estimate of drug-likeness (QED) is 0.502. The minimum atomic E-state index is 0.552. The fourth-order valence-corrected chi connectivity index (χ4v) is 2.33. The van der Waals surface area contributed by atoms with E-state index in [1.54, 1.807) is 0 Å². The number of fused-ring (bicyclic) bond motifs is 3. The van der Waals surface area contributed by atoms with E-state index in [0.29, 0.717) is 6.61 Å². The molecule has 2 aromatic rings. The molecule has 0 radical (unpaired) electrons. The topological polar surface area (TPSA) is 18.5 Å². The van der Waals surface area contributed by atoms with Gasteiger partial charge in [0, 0.05) is 12.0 Å². The fraction of sp³-hybridized carbons (Fsp3) is 0.200. The van der Waals surface area contributed by atoms with Gasteiger partial charge in [-0.2, -0.15) is 4.89 Å². The normalized spacial score (nSPS) is 12.1. The molecule has 3 rings (SSSR count). The number of rotatable bonds is 3. The van der Waals surface area contributed by atoms with Crippen LogP contribution in [-0.2, 0) is 11.3 Å². The van der Waals surface area contributed by atoms with Crippen molar-refractivity contribution in [3.63, 3.8) is 0 Å². The minimum absolute atomic E-state index is 0.552. The van der Waals surface area contributed by atoms with Crippen molar-refractivity contribution >= 4 is 0 Å². The Bertz CT molecular complexity index is 546. The molecule has 0 bridgehead atoms. The Morgan fingerprint density at radius 3 is 2.71 bits per heavy atom.